The lowest BCUT2D eigenvalue weighted by Gasteiger charge is -2.16. The van der Waals surface area contributed by atoms with E-state index in [4.69, 9.17) is 11.6 Å². The summed E-state index contributed by atoms with van der Waals surface area (Å²) >= 11 is 9.42. The van der Waals surface area contributed by atoms with Crippen LogP contribution in [-0.4, -0.2) is 5.11 Å². The van der Waals surface area contributed by atoms with E-state index in [-0.39, 0.29) is 5.56 Å². The predicted molar refractivity (Wildman–Crippen MR) is 79.1 cm³/mol. The number of rotatable bonds is 2. The van der Waals surface area contributed by atoms with Gasteiger partial charge in [0.2, 0.25) is 0 Å². The number of aryl methyl sites for hydroxylation is 2. The smallest absolute Gasteiger partial charge is 0.129 e. The van der Waals surface area contributed by atoms with Gasteiger partial charge in [-0.05, 0) is 49.2 Å². The topological polar surface area (TPSA) is 20.2 Å². The number of hydrogen-bond donors (Lipinski definition) is 1. The first-order valence-electron chi connectivity index (χ1n) is 5.80. The van der Waals surface area contributed by atoms with Crippen LogP contribution in [0.2, 0.25) is 5.02 Å². The molecule has 0 fully saturated rings. The number of halogens is 3. The van der Waals surface area contributed by atoms with Crippen molar-refractivity contribution in [3.8, 4) is 0 Å². The maximum Gasteiger partial charge on any atom is 0.129 e. The first-order chi connectivity index (χ1) is 8.90. The van der Waals surface area contributed by atoms with Crippen molar-refractivity contribution in [1.82, 2.24) is 0 Å². The highest BCUT2D eigenvalue weighted by Crippen LogP contribution is 2.32. The van der Waals surface area contributed by atoms with Crippen LogP contribution in [0.5, 0.6) is 0 Å². The van der Waals surface area contributed by atoms with Crippen LogP contribution in [-0.2, 0) is 0 Å². The first kappa shape index (κ1) is 14.5. The normalized spacial score (nSPS) is 12.5. The van der Waals surface area contributed by atoms with E-state index in [2.05, 4.69) is 15.9 Å². The maximum absolute atomic E-state index is 13.8. The molecule has 1 nitrogen and oxygen atoms in total. The molecule has 19 heavy (non-hydrogen) atoms. The van der Waals surface area contributed by atoms with Crippen LogP contribution in [0, 0.1) is 19.7 Å². The average Bonchev–Trinajstić information content (AvgIpc) is 2.36. The molecule has 0 aliphatic heterocycles. The summed E-state index contributed by atoms with van der Waals surface area (Å²) in [5.41, 5.74) is 2.77. The zero-order valence-electron chi connectivity index (χ0n) is 10.5. The molecule has 0 aliphatic carbocycles. The number of hydrogen-bond acceptors (Lipinski definition) is 1. The summed E-state index contributed by atoms with van der Waals surface area (Å²) in [5.74, 6) is -0.454. The zero-order valence-corrected chi connectivity index (χ0v) is 12.9. The Morgan fingerprint density at radius 3 is 2.42 bits per heavy atom. The fraction of sp³-hybridized carbons (Fsp3) is 0.200. The van der Waals surface area contributed by atoms with Crippen molar-refractivity contribution in [1.29, 1.82) is 0 Å². The lowest BCUT2D eigenvalue weighted by molar-refractivity contribution is 0.215. The van der Waals surface area contributed by atoms with Crippen LogP contribution in [0.1, 0.15) is 28.4 Å². The van der Waals surface area contributed by atoms with Crippen molar-refractivity contribution in [2.75, 3.05) is 0 Å². The summed E-state index contributed by atoms with van der Waals surface area (Å²) in [4.78, 5) is 0. The van der Waals surface area contributed by atoms with Crippen LogP contribution < -0.4 is 0 Å². The molecule has 100 valence electrons. The van der Waals surface area contributed by atoms with Crippen molar-refractivity contribution >= 4 is 27.5 Å². The fourth-order valence-corrected chi connectivity index (χ4v) is 2.60. The fourth-order valence-electron chi connectivity index (χ4n) is 1.90. The molecule has 1 unspecified atom stereocenters. The van der Waals surface area contributed by atoms with Crippen molar-refractivity contribution in [3.63, 3.8) is 0 Å². The van der Waals surface area contributed by atoms with Gasteiger partial charge in [0.05, 0.1) is 0 Å². The maximum atomic E-state index is 13.8. The number of aliphatic hydroxyl groups excluding tert-OH is 1. The van der Waals surface area contributed by atoms with Crippen molar-refractivity contribution < 1.29 is 9.50 Å². The van der Waals surface area contributed by atoms with Crippen LogP contribution in [0.3, 0.4) is 0 Å². The van der Waals surface area contributed by atoms with Gasteiger partial charge in [-0.15, -0.1) is 0 Å². The monoisotopic (exact) mass is 342 g/mol. The highest BCUT2D eigenvalue weighted by molar-refractivity contribution is 9.10. The molecule has 0 bridgehead atoms. The minimum absolute atomic E-state index is 0.208. The van der Waals surface area contributed by atoms with E-state index in [0.29, 0.717) is 15.1 Å². The molecule has 0 spiro atoms. The van der Waals surface area contributed by atoms with Gasteiger partial charge in [-0.2, -0.15) is 0 Å². The van der Waals surface area contributed by atoms with Gasteiger partial charge in [-0.25, -0.2) is 4.39 Å². The molecule has 0 heterocycles. The van der Waals surface area contributed by atoms with Crippen LogP contribution in [0.15, 0.2) is 34.8 Å². The summed E-state index contributed by atoms with van der Waals surface area (Å²) in [6.45, 7) is 3.87. The van der Waals surface area contributed by atoms with Gasteiger partial charge in [-0.3, -0.25) is 0 Å². The van der Waals surface area contributed by atoms with Crippen molar-refractivity contribution in [3.05, 3.63) is 67.9 Å². The van der Waals surface area contributed by atoms with E-state index in [1.807, 2.05) is 13.8 Å². The SMILES string of the molecule is Cc1cc(Cl)c(C(O)c2cc(Br)ccc2F)cc1C. The van der Waals surface area contributed by atoms with Gasteiger partial charge in [0.25, 0.3) is 0 Å². The van der Waals surface area contributed by atoms with Crippen LogP contribution >= 0.6 is 27.5 Å². The summed E-state index contributed by atoms with van der Waals surface area (Å²) in [5, 5.41) is 10.8. The van der Waals surface area contributed by atoms with E-state index in [0.717, 1.165) is 11.1 Å². The van der Waals surface area contributed by atoms with Crippen molar-refractivity contribution in [2.24, 2.45) is 0 Å². The molecule has 2 aromatic carbocycles. The Bertz CT molecular complexity index is 628. The average molecular weight is 344 g/mol. The lowest BCUT2D eigenvalue weighted by Crippen LogP contribution is -2.04. The Morgan fingerprint density at radius 2 is 1.74 bits per heavy atom. The second kappa shape index (κ2) is 5.61. The summed E-state index contributed by atoms with van der Waals surface area (Å²) in [7, 11) is 0. The highest BCUT2D eigenvalue weighted by atomic mass is 79.9. The lowest BCUT2D eigenvalue weighted by atomic mass is 9.97. The molecule has 0 aromatic heterocycles. The van der Waals surface area contributed by atoms with Gasteiger partial charge >= 0.3 is 0 Å². The molecular weight excluding hydrogens is 331 g/mol. The Labute approximate surface area is 125 Å². The molecule has 1 atom stereocenters. The molecule has 0 amide bonds. The standard InChI is InChI=1S/C15H13BrClFO/c1-8-5-11(13(17)6-9(8)2)15(19)12-7-10(16)3-4-14(12)18/h3-7,15,19H,1-2H3. The summed E-state index contributed by atoms with van der Waals surface area (Å²) in [6, 6.07) is 8.05. The summed E-state index contributed by atoms with van der Waals surface area (Å²) in [6.07, 6.45) is -1.08. The molecule has 1 N–H and O–H groups in total. The van der Waals surface area contributed by atoms with Gasteiger partial charge in [-0.1, -0.05) is 33.6 Å². The molecule has 2 aromatic rings. The first-order valence-corrected chi connectivity index (χ1v) is 6.97. The largest absolute Gasteiger partial charge is 0.383 e. The summed E-state index contributed by atoms with van der Waals surface area (Å²) < 4.78 is 14.5. The number of aliphatic hydroxyl groups is 1. The molecule has 0 radical (unpaired) electrons. The zero-order chi connectivity index (χ0) is 14.2. The van der Waals surface area contributed by atoms with Gasteiger partial charge in [0.1, 0.15) is 11.9 Å². The van der Waals surface area contributed by atoms with E-state index in [1.165, 1.54) is 6.07 Å². The molecule has 0 aliphatic rings. The van der Waals surface area contributed by atoms with Crippen molar-refractivity contribution in [2.45, 2.75) is 20.0 Å². The minimum atomic E-state index is -1.08. The molecule has 0 saturated heterocycles. The highest BCUT2D eigenvalue weighted by Gasteiger charge is 2.18. The van der Waals surface area contributed by atoms with Gasteiger partial charge < -0.3 is 5.11 Å². The Balaban J connectivity index is 2.52. The molecule has 4 heteroatoms. The Kier molecular flexibility index (Phi) is 4.29. The quantitative estimate of drug-likeness (QED) is 0.819. The minimum Gasteiger partial charge on any atom is -0.383 e. The molecule has 0 saturated carbocycles. The number of benzene rings is 2. The van der Waals surface area contributed by atoms with E-state index in [1.54, 1.807) is 24.3 Å². The van der Waals surface area contributed by atoms with Crippen LogP contribution in [0.25, 0.3) is 0 Å². The van der Waals surface area contributed by atoms with E-state index >= 15 is 0 Å². The van der Waals surface area contributed by atoms with E-state index < -0.39 is 11.9 Å². The van der Waals surface area contributed by atoms with E-state index in [9.17, 15) is 9.50 Å². The third-order valence-electron chi connectivity index (χ3n) is 3.16. The van der Waals surface area contributed by atoms with Gasteiger partial charge in [0.15, 0.2) is 0 Å². The third kappa shape index (κ3) is 2.99. The predicted octanol–water partition coefficient (Wildman–Crippen LogP) is 4.94. The Hall–Kier alpha value is -0.900. The molecule has 2 rings (SSSR count). The van der Waals surface area contributed by atoms with Gasteiger partial charge in [0, 0.05) is 20.6 Å². The van der Waals surface area contributed by atoms with Crippen LogP contribution in [0.4, 0.5) is 4.39 Å². The second-order valence-corrected chi connectivity index (χ2v) is 5.85. The third-order valence-corrected chi connectivity index (χ3v) is 3.98. The Morgan fingerprint density at radius 1 is 1.11 bits per heavy atom. The molecular formula is C15H13BrClFO. The second-order valence-electron chi connectivity index (χ2n) is 4.53.